The van der Waals surface area contributed by atoms with E-state index >= 15 is 0 Å². The van der Waals surface area contributed by atoms with Crippen LogP contribution < -0.4 is 0 Å². The predicted octanol–water partition coefficient (Wildman–Crippen LogP) is 0.311. The van der Waals surface area contributed by atoms with Crippen molar-refractivity contribution in [2.45, 2.75) is 0 Å². The largest absolute Gasteiger partial charge is 0.298 e. The number of fused-ring (bicyclic) bond motifs is 4. The molecule has 0 amide bonds. The van der Waals surface area contributed by atoms with E-state index in [1.807, 2.05) is 24.3 Å². The highest BCUT2D eigenvalue weighted by molar-refractivity contribution is 6.21. The molecule has 2 aromatic heterocycles. The van der Waals surface area contributed by atoms with E-state index in [4.69, 9.17) is 5.41 Å². The molecule has 1 aliphatic carbocycles. The molecule has 1 aromatic carbocycles. The number of benzene rings is 1. The summed E-state index contributed by atoms with van der Waals surface area (Å²) >= 11 is 0. The fourth-order valence-corrected chi connectivity index (χ4v) is 2.00. The lowest BCUT2D eigenvalue weighted by atomic mass is 10.1. The molecule has 0 spiro atoms. The van der Waals surface area contributed by atoms with E-state index in [-0.39, 0.29) is 0 Å². The monoisotopic (exact) mass is 223 g/mol. The molecule has 4 rings (SSSR count). The summed E-state index contributed by atoms with van der Waals surface area (Å²) in [4.78, 5) is 4.33. The summed E-state index contributed by atoms with van der Waals surface area (Å²) in [7, 11) is 0. The zero-order valence-electron chi connectivity index (χ0n) is 8.49. The van der Waals surface area contributed by atoms with Crippen LogP contribution in [0.1, 0.15) is 11.3 Å². The van der Waals surface area contributed by atoms with Gasteiger partial charge < -0.3 is 0 Å². The Morgan fingerprint density at radius 2 is 1.88 bits per heavy atom. The molecule has 0 bridgehead atoms. The van der Waals surface area contributed by atoms with Crippen LogP contribution in [-0.2, 0) is 0 Å². The van der Waals surface area contributed by atoms with Gasteiger partial charge in [0.15, 0.2) is 0 Å². The Bertz CT molecular complexity index is 773. The number of aromatic nitrogens is 6. The summed E-state index contributed by atoms with van der Waals surface area (Å²) in [6.07, 6.45) is 0. The molecule has 0 fully saturated rings. The first-order valence-corrected chi connectivity index (χ1v) is 5.00. The van der Waals surface area contributed by atoms with Gasteiger partial charge in [0.2, 0.25) is 0 Å². The minimum absolute atomic E-state index is 0.341. The van der Waals surface area contributed by atoms with Crippen LogP contribution in [0.25, 0.3) is 17.0 Å². The lowest BCUT2D eigenvalue weighted by molar-refractivity contribution is 0.724. The Kier molecular flexibility index (Phi) is 1.34. The zero-order valence-corrected chi connectivity index (χ0v) is 8.49. The maximum Gasteiger partial charge on any atom is 0.291 e. The van der Waals surface area contributed by atoms with Crippen molar-refractivity contribution in [3.05, 3.63) is 35.5 Å². The van der Waals surface area contributed by atoms with Gasteiger partial charge in [0.1, 0.15) is 11.4 Å². The zero-order chi connectivity index (χ0) is 11.4. The molecule has 0 saturated carbocycles. The quantitative estimate of drug-likeness (QED) is 0.463. The molecule has 80 valence electrons. The molecular formula is C10H5N7. The molecule has 0 unspecified atom stereocenters. The van der Waals surface area contributed by atoms with E-state index in [0.29, 0.717) is 22.9 Å². The maximum absolute atomic E-state index is 8.06. The Morgan fingerprint density at radius 1 is 1.06 bits per heavy atom. The fourth-order valence-electron chi connectivity index (χ4n) is 2.00. The molecule has 0 atom stereocenters. The highest BCUT2D eigenvalue weighted by Crippen LogP contribution is 2.33. The SMILES string of the molecule is N=C1c2ccccc2-c2nc3nnnn3nc21. The van der Waals surface area contributed by atoms with Crippen molar-refractivity contribution in [1.29, 1.82) is 5.41 Å². The normalized spacial score (nSPS) is 12.8. The number of nitrogens with one attached hydrogen (secondary N) is 1. The lowest BCUT2D eigenvalue weighted by Crippen LogP contribution is -2.06. The Hall–Kier alpha value is -2.70. The van der Waals surface area contributed by atoms with E-state index in [2.05, 4.69) is 25.6 Å². The Morgan fingerprint density at radius 3 is 2.76 bits per heavy atom. The second-order valence-electron chi connectivity index (χ2n) is 3.70. The van der Waals surface area contributed by atoms with Gasteiger partial charge in [-0.3, -0.25) is 5.41 Å². The molecule has 1 aliphatic rings. The fraction of sp³-hybridized carbons (Fsp3) is 0. The summed E-state index contributed by atoms with van der Waals surface area (Å²) in [6.45, 7) is 0. The lowest BCUT2D eigenvalue weighted by Gasteiger charge is -1.96. The second-order valence-corrected chi connectivity index (χ2v) is 3.70. The topological polar surface area (TPSA) is 92.7 Å². The van der Waals surface area contributed by atoms with Crippen LogP contribution in [-0.4, -0.2) is 35.9 Å². The van der Waals surface area contributed by atoms with Gasteiger partial charge in [0, 0.05) is 11.1 Å². The van der Waals surface area contributed by atoms with Crippen molar-refractivity contribution in [3.8, 4) is 11.3 Å². The van der Waals surface area contributed by atoms with Gasteiger partial charge in [-0.2, -0.15) is 0 Å². The molecule has 7 nitrogen and oxygen atoms in total. The average molecular weight is 223 g/mol. The van der Waals surface area contributed by atoms with Gasteiger partial charge >= 0.3 is 0 Å². The molecule has 0 aliphatic heterocycles. The first-order valence-electron chi connectivity index (χ1n) is 5.00. The van der Waals surface area contributed by atoms with Crippen molar-refractivity contribution >= 4 is 11.5 Å². The van der Waals surface area contributed by atoms with Gasteiger partial charge in [-0.05, 0) is 10.4 Å². The van der Waals surface area contributed by atoms with Crippen molar-refractivity contribution in [2.24, 2.45) is 0 Å². The summed E-state index contributed by atoms with van der Waals surface area (Å²) in [5, 5.41) is 23.2. The van der Waals surface area contributed by atoms with E-state index < -0.39 is 0 Å². The molecule has 0 saturated heterocycles. The highest BCUT2D eigenvalue weighted by atomic mass is 15.6. The third-order valence-electron chi connectivity index (χ3n) is 2.76. The minimum Gasteiger partial charge on any atom is -0.298 e. The van der Waals surface area contributed by atoms with Crippen molar-refractivity contribution < 1.29 is 0 Å². The first kappa shape index (κ1) is 8.45. The smallest absolute Gasteiger partial charge is 0.291 e. The summed E-state index contributed by atoms with van der Waals surface area (Å²) in [5.41, 5.74) is 3.30. The number of nitrogens with zero attached hydrogens (tertiary/aromatic N) is 6. The van der Waals surface area contributed by atoms with Gasteiger partial charge in [-0.15, -0.1) is 5.10 Å². The second kappa shape index (κ2) is 2.70. The summed E-state index contributed by atoms with van der Waals surface area (Å²) < 4.78 is 1.24. The van der Waals surface area contributed by atoms with Crippen molar-refractivity contribution in [3.63, 3.8) is 0 Å². The van der Waals surface area contributed by atoms with Crippen LogP contribution in [0.5, 0.6) is 0 Å². The Balaban J connectivity index is 2.16. The first-order chi connectivity index (χ1) is 8.34. The number of hydrogen-bond acceptors (Lipinski definition) is 6. The molecule has 7 heteroatoms. The Labute approximate surface area is 94.6 Å². The van der Waals surface area contributed by atoms with E-state index in [0.717, 1.165) is 11.1 Å². The van der Waals surface area contributed by atoms with Crippen LogP contribution in [0.15, 0.2) is 24.3 Å². The van der Waals surface area contributed by atoms with E-state index in [9.17, 15) is 0 Å². The molecule has 2 heterocycles. The number of hydrogen-bond donors (Lipinski definition) is 1. The standard InChI is InChI=1S/C10H5N7/c11-7-5-3-1-2-4-6(5)8-9(7)14-17-10(12-8)13-15-16-17/h1-4,11H. The maximum atomic E-state index is 8.06. The van der Waals surface area contributed by atoms with Crippen molar-refractivity contribution in [2.75, 3.05) is 0 Å². The molecule has 17 heavy (non-hydrogen) atoms. The van der Waals surface area contributed by atoms with Gasteiger partial charge in [0.05, 0.1) is 5.71 Å². The molecule has 0 radical (unpaired) electrons. The average Bonchev–Trinajstić information content (AvgIpc) is 2.92. The molecular weight excluding hydrogens is 218 g/mol. The predicted molar refractivity (Wildman–Crippen MR) is 57.7 cm³/mol. The van der Waals surface area contributed by atoms with Crippen LogP contribution in [0, 0.1) is 5.41 Å². The highest BCUT2D eigenvalue weighted by Gasteiger charge is 2.27. The number of tetrazole rings is 1. The minimum atomic E-state index is 0.341. The van der Waals surface area contributed by atoms with E-state index in [1.165, 1.54) is 4.63 Å². The van der Waals surface area contributed by atoms with Crippen LogP contribution >= 0.6 is 0 Å². The summed E-state index contributed by atoms with van der Waals surface area (Å²) in [6, 6.07) is 7.61. The van der Waals surface area contributed by atoms with Crippen molar-refractivity contribution in [1.82, 2.24) is 30.2 Å². The third-order valence-corrected chi connectivity index (χ3v) is 2.76. The van der Waals surface area contributed by atoms with Gasteiger partial charge in [-0.1, -0.05) is 34.0 Å². The molecule has 1 N–H and O–H groups in total. The van der Waals surface area contributed by atoms with Crippen LogP contribution in [0.4, 0.5) is 0 Å². The third kappa shape index (κ3) is 0.949. The summed E-state index contributed by atoms with van der Waals surface area (Å²) in [5.74, 6) is 0.341. The van der Waals surface area contributed by atoms with Gasteiger partial charge in [-0.25, -0.2) is 4.98 Å². The van der Waals surface area contributed by atoms with Crippen LogP contribution in [0.3, 0.4) is 0 Å². The number of rotatable bonds is 0. The van der Waals surface area contributed by atoms with E-state index in [1.54, 1.807) is 0 Å². The molecule has 3 aromatic rings. The van der Waals surface area contributed by atoms with Crippen LogP contribution in [0.2, 0.25) is 0 Å². The van der Waals surface area contributed by atoms with Gasteiger partial charge in [0.25, 0.3) is 5.78 Å².